The van der Waals surface area contributed by atoms with Crippen LogP contribution in [0, 0.1) is 5.82 Å². The Hall–Kier alpha value is -0.130. The van der Waals surface area contributed by atoms with Crippen LogP contribution in [0.5, 0.6) is 0 Å². The molecule has 1 aliphatic carbocycles. The van der Waals surface area contributed by atoms with Crippen LogP contribution < -0.4 is 0 Å². The van der Waals surface area contributed by atoms with Gasteiger partial charge >= 0.3 is 0 Å². The van der Waals surface area contributed by atoms with Gasteiger partial charge in [0, 0.05) is 16.6 Å². The summed E-state index contributed by atoms with van der Waals surface area (Å²) in [6.07, 6.45) is 0.518. The quantitative estimate of drug-likeness (QED) is 0.787. The Labute approximate surface area is 100.0 Å². The summed E-state index contributed by atoms with van der Waals surface area (Å²) in [4.78, 5) is 0. The number of halogens is 3. The summed E-state index contributed by atoms with van der Waals surface area (Å²) in [5.74, 6) is -0.450. The fourth-order valence-corrected chi connectivity index (χ4v) is 3.55. The highest BCUT2D eigenvalue weighted by molar-refractivity contribution is 9.10. The largest absolute Gasteiger partial charge is 0.236 e. The second-order valence-electron chi connectivity index (χ2n) is 3.53. The molecular weight excluding hydrogens is 307 g/mol. The summed E-state index contributed by atoms with van der Waals surface area (Å²) < 4.78 is 35.3. The van der Waals surface area contributed by atoms with Crippen molar-refractivity contribution in [1.82, 2.24) is 0 Å². The lowest BCUT2D eigenvalue weighted by molar-refractivity contribution is 0.607. The monoisotopic (exact) mass is 312 g/mol. The molecule has 2 rings (SSSR count). The molecule has 0 aromatic heterocycles. The van der Waals surface area contributed by atoms with Gasteiger partial charge in [0.25, 0.3) is 0 Å². The van der Waals surface area contributed by atoms with E-state index in [0.717, 1.165) is 5.56 Å². The normalized spacial score (nSPS) is 25.3. The summed E-state index contributed by atoms with van der Waals surface area (Å²) in [6.45, 7) is 0. The first-order chi connectivity index (χ1) is 6.89. The van der Waals surface area contributed by atoms with Gasteiger partial charge in [0.2, 0.25) is 9.05 Å². The van der Waals surface area contributed by atoms with Crippen molar-refractivity contribution < 1.29 is 12.8 Å². The van der Waals surface area contributed by atoms with Gasteiger partial charge in [-0.15, -0.1) is 0 Å². The molecule has 6 heteroatoms. The maximum Gasteiger partial charge on any atom is 0.236 e. The number of hydrogen-bond donors (Lipinski definition) is 0. The van der Waals surface area contributed by atoms with Crippen LogP contribution >= 0.6 is 26.6 Å². The highest BCUT2D eigenvalue weighted by atomic mass is 79.9. The molecule has 0 aliphatic heterocycles. The molecule has 1 aliphatic rings. The topological polar surface area (TPSA) is 34.1 Å². The summed E-state index contributed by atoms with van der Waals surface area (Å²) in [5.41, 5.74) is 0.803. The van der Waals surface area contributed by atoms with Crippen molar-refractivity contribution in [3.63, 3.8) is 0 Å². The van der Waals surface area contributed by atoms with Gasteiger partial charge in [-0.05, 0) is 40.0 Å². The van der Waals surface area contributed by atoms with Gasteiger partial charge in [0.1, 0.15) is 5.82 Å². The van der Waals surface area contributed by atoms with E-state index in [0.29, 0.717) is 10.9 Å². The minimum atomic E-state index is -3.49. The zero-order valence-electron chi connectivity index (χ0n) is 7.45. The van der Waals surface area contributed by atoms with Crippen molar-refractivity contribution in [2.24, 2.45) is 0 Å². The van der Waals surface area contributed by atoms with Crippen LogP contribution in [0.15, 0.2) is 22.7 Å². The molecule has 2 nitrogen and oxygen atoms in total. The van der Waals surface area contributed by atoms with Gasteiger partial charge in [-0.1, -0.05) is 6.07 Å². The summed E-state index contributed by atoms with van der Waals surface area (Å²) >= 11 is 3.06. The number of rotatable bonds is 2. The molecule has 82 valence electrons. The first-order valence-electron chi connectivity index (χ1n) is 4.28. The van der Waals surface area contributed by atoms with Crippen molar-refractivity contribution in [3.8, 4) is 0 Å². The van der Waals surface area contributed by atoms with Crippen LogP contribution in [0.25, 0.3) is 0 Å². The lowest BCUT2D eigenvalue weighted by atomic mass is 10.1. The van der Waals surface area contributed by atoms with E-state index in [2.05, 4.69) is 15.9 Å². The summed E-state index contributed by atoms with van der Waals surface area (Å²) in [5, 5.41) is -0.517. The van der Waals surface area contributed by atoms with E-state index < -0.39 is 14.3 Å². The van der Waals surface area contributed by atoms with Gasteiger partial charge < -0.3 is 0 Å². The van der Waals surface area contributed by atoms with E-state index >= 15 is 0 Å². The van der Waals surface area contributed by atoms with E-state index in [1.165, 1.54) is 6.07 Å². The zero-order valence-corrected chi connectivity index (χ0v) is 10.6. The second kappa shape index (κ2) is 3.71. The first kappa shape index (κ1) is 11.4. The second-order valence-corrected chi connectivity index (χ2v) is 7.23. The third kappa shape index (κ3) is 2.34. The third-order valence-corrected chi connectivity index (χ3v) is 5.00. The van der Waals surface area contributed by atoms with E-state index in [9.17, 15) is 12.8 Å². The highest BCUT2D eigenvalue weighted by Crippen LogP contribution is 2.47. The SMILES string of the molecule is O=S(=O)(Cl)C1CC1c1ccc(F)c(Br)c1. The Morgan fingerprint density at radius 3 is 2.60 bits per heavy atom. The highest BCUT2D eigenvalue weighted by Gasteiger charge is 2.47. The standard InChI is InChI=1S/C9H7BrClFO2S/c10-7-3-5(1-2-8(7)12)6-4-9(6)15(11,13)14/h1-3,6,9H,4H2. The molecule has 1 aromatic rings. The zero-order chi connectivity index (χ0) is 11.2. The Kier molecular flexibility index (Phi) is 2.81. The van der Waals surface area contributed by atoms with E-state index in [-0.39, 0.29) is 11.7 Å². The third-order valence-electron chi connectivity index (χ3n) is 2.47. The molecule has 0 N–H and O–H groups in total. The maximum atomic E-state index is 12.9. The molecular formula is C9H7BrClFO2S. The van der Waals surface area contributed by atoms with Crippen molar-refractivity contribution in [1.29, 1.82) is 0 Å². The van der Waals surface area contributed by atoms with Crippen LogP contribution in [0.3, 0.4) is 0 Å². The molecule has 0 saturated heterocycles. The minimum Gasteiger partial charge on any atom is -0.212 e. The first-order valence-corrected chi connectivity index (χ1v) is 7.44. The Balaban J connectivity index is 2.24. The minimum absolute atomic E-state index is 0.0931. The Morgan fingerprint density at radius 1 is 1.47 bits per heavy atom. The van der Waals surface area contributed by atoms with E-state index in [1.807, 2.05) is 0 Å². The molecule has 0 amide bonds. The molecule has 0 radical (unpaired) electrons. The van der Waals surface area contributed by atoms with Crippen molar-refractivity contribution in [3.05, 3.63) is 34.1 Å². The lowest BCUT2D eigenvalue weighted by Crippen LogP contribution is -1.99. The van der Waals surface area contributed by atoms with Gasteiger partial charge in [-0.3, -0.25) is 0 Å². The smallest absolute Gasteiger partial charge is 0.212 e. The molecule has 0 heterocycles. The molecule has 15 heavy (non-hydrogen) atoms. The fraction of sp³-hybridized carbons (Fsp3) is 0.333. The number of benzene rings is 1. The van der Waals surface area contributed by atoms with Gasteiger partial charge in [-0.25, -0.2) is 12.8 Å². The maximum absolute atomic E-state index is 12.9. The van der Waals surface area contributed by atoms with Crippen molar-refractivity contribution >= 4 is 35.7 Å². The van der Waals surface area contributed by atoms with Crippen LogP contribution in [-0.2, 0) is 9.05 Å². The van der Waals surface area contributed by atoms with E-state index in [1.54, 1.807) is 12.1 Å². The molecule has 0 spiro atoms. The molecule has 1 fully saturated rings. The number of hydrogen-bond acceptors (Lipinski definition) is 2. The van der Waals surface area contributed by atoms with Gasteiger partial charge in [0.05, 0.1) is 9.72 Å². The van der Waals surface area contributed by atoms with Gasteiger partial charge in [-0.2, -0.15) is 0 Å². The predicted molar refractivity (Wildman–Crippen MR) is 60.0 cm³/mol. The predicted octanol–water partition coefficient (Wildman–Crippen LogP) is 3.01. The van der Waals surface area contributed by atoms with Crippen molar-refractivity contribution in [2.75, 3.05) is 0 Å². The fourth-order valence-electron chi connectivity index (χ4n) is 1.58. The summed E-state index contributed by atoms with van der Waals surface area (Å²) in [7, 11) is 1.75. The average Bonchev–Trinajstić information content (AvgIpc) is 2.87. The molecule has 1 saturated carbocycles. The molecule has 0 bridgehead atoms. The Morgan fingerprint density at radius 2 is 2.13 bits per heavy atom. The van der Waals surface area contributed by atoms with E-state index in [4.69, 9.17) is 10.7 Å². The molecule has 2 unspecified atom stereocenters. The average molecular weight is 314 g/mol. The van der Waals surface area contributed by atoms with Crippen LogP contribution in [0.1, 0.15) is 17.9 Å². The molecule has 2 atom stereocenters. The lowest BCUT2D eigenvalue weighted by Gasteiger charge is -2.00. The van der Waals surface area contributed by atoms with Crippen LogP contribution in [0.2, 0.25) is 0 Å². The van der Waals surface area contributed by atoms with Crippen molar-refractivity contribution in [2.45, 2.75) is 17.6 Å². The summed E-state index contributed by atoms with van der Waals surface area (Å²) in [6, 6.07) is 4.50. The molecule has 1 aromatic carbocycles. The van der Waals surface area contributed by atoms with Crippen LogP contribution in [-0.4, -0.2) is 13.7 Å². The van der Waals surface area contributed by atoms with Gasteiger partial charge in [0.15, 0.2) is 0 Å². The Bertz CT molecular complexity index is 503. The van der Waals surface area contributed by atoms with Crippen LogP contribution in [0.4, 0.5) is 4.39 Å².